The van der Waals surface area contributed by atoms with Crippen LogP contribution < -0.4 is 4.74 Å². The van der Waals surface area contributed by atoms with Gasteiger partial charge >= 0.3 is 0 Å². The summed E-state index contributed by atoms with van der Waals surface area (Å²) in [5.74, 6) is -0.0882. The van der Waals surface area contributed by atoms with Crippen molar-refractivity contribution in [3.63, 3.8) is 0 Å². The van der Waals surface area contributed by atoms with Crippen molar-refractivity contribution in [2.24, 2.45) is 7.05 Å². The number of nitrogens with zero attached hydrogens (tertiary/aromatic N) is 3. The van der Waals surface area contributed by atoms with E-state index in [2.05, 4.69) is 27.1 Å². The van der Waals surface area contributed by atoms with Gasteiger partial charge in [0, 0.05) is 13.1 Å². The van der Waals surface area contributed by atoms with E-state index in [1.807, 2.05) is 0 Å². The Kier molecular flexibility index (Phi) is 4.20. The second-order valence-corrected chi connectivity index (χ2v) is 4.91. The fourth-order valence-corrected chi connectivity index (χ4v) is 2.20. The first kappa shape index (κ1) is 14.3. The maximum Gasteiger partial charge on any atom is 0.127 e. The molecule has 20 heavy (non-hydrogen) atoms. The van der Waals surface area contributed by atoms with Crippen molar-refractivity contribution in [1.29, 1.82) is 5.26 Å². The molecular formula is C14H11BrFN3O. The van der Waals surface area contributed by atoms with Gasteiger partial charge in [0.1, 0.15) is 11.6 Å². The summed E-state index contributed by atoms with van der Waals surface area (Å²) in [7, 11) is 3.21. The molecule has 2 aromatic rings. The van der Waals surface area contributed by atoms with E-state index in [4.69, 9.17) is 4.74 Å². The second kappa shape index (κ2) is 5.88. The van der Waals surface area contributed by atoms with E-state index in [1.165, 1.54) is 19.2 Å². The van der Waals surface area contributed by atoms with Crippen LogP contribution >= 0.6 is 15.9 Å². The smallest absolute Gasteiger partial charge is 0.127 e. The van der Waals surface area contributed by atoms with Crippen LogP contribution in [0.1, 0.15) is 11.3 Å². The highest BCUT2D eigenvalue weighted by molar-refractivity contribution is 9.10. The SMILES string of the molecule is COc1cc(F)cc(/C(C#N)=C/c2c(Br)cnn2C)c1. The lowest BCUT2D eigenvalue weighted by molar-refractivity contribution is 0.411. The van der Waals surface area contributed by atoms with Crippen molar-refractivity contribution in [3.8, 4) is 11.8 Å². The highest BCUT2D eigenvalue weighted by Crippen LogP contribution is 2.26. The summed E-state index contributed by atoms with van der Waals surface area (Å²) in [6.07, 6.45) is 3.28. The number of benzene rings is 1. The normalized spacial score (nSPS) is 11.2. The van der Waals surface area contributed by atoms with Gasteiger partial charge in [0.25, 0.3) is 0 Å². The summed E-state index contributed by atoms with van der Waals surface area (Å²) in [5.41, 5.74) is 1.51. The molecule has 4 nitrogen and oxygen atoms in total. The van der Waals surface area contributed by atoms with Crippen molar-refractivity contribution >= 4 is 27.6 Å². The van der Waals surface area contributed by atoms with E-state index in [0.717, 1.165) is 10.2 Å². The largest absolute Gasteiger partial charge is 0.497 e. The number of nitriles is 1. The fraction of sp³-hybridized carbons (Fsp3) is 0.143. The zero-order valence-corrected chi connectivity index (χ0v) is 12.5. The third-order valence-corrected chi connectivity index (χ3v) is 3.37. The zero-order valence-electron chi connectivity index (χ0n) is 10.9. The molecule has 0 aliphatic carbocycles. The van der Waals surface area contributed by atoms with E-state index >= 15 is 0 Å². The molecule has 0 radical (unpaired) electrons. The van der Waals surface area contributed by atoms with E-state index in [-0.39, 0.29) is 0 Å². The standard InChI is InChI=1S/C14H11BrFN3O/c1-19-14(13(15)8-18-19)5-10(7-17)9-3-11(16)6-12(4-9)20-2/h3-6,8H,1-2H3/b10-5+. The molecule has 1 aromatic carbocycles. The van der Waals surface area contributed by atoms with Crippen molar-refractivity contribution in [2.45, 2.75) is 0 Å². The van der Waals surface area contributed by atoms with Gasteiger partial charge in [0.05, 0.1) is 35.1 Å². The average molecular weight is 336 g/mol. The average Bonchev–Trinajstić information content (AvgIpc) is 2.74. The number of ether oxygens (including phenoxy) is 1. The number of aryl methyl sites for hydroxylation is 1. The van der Waals surface area contributed by atoms with E-state index in [9.17, 15) is 9.65 Å². The predicted octanol–water partition coefficient (Wildman–Crippen LogP) is 3.39. The number of hydrogen-bond acceptors (Lipinski definition) is 3. The number of halogens is 2. The van der Waals surface area contributed by atoms with Crippen LogP contribution in [0.2, 0.25) is 0 Å². The number of allylic oxidation sites excluding steroid dienone is 1. The lowest BCUT2D eigenvalue weighted by Crippen LogP contribution is -1.94. The first-order valence-electron chi connectivity index (χ1n) is 5.69. The number of rotatable bonds is 3. The van der Waals surface area contributed by atoms with Crippen LogP contribution in [-0.2, 0) is 7.05 Å². The molecule has 0 fully saturated rings. The molecule has 0 saturated carbocycles. The topological polar surface area (TPSA) is 50.8 Å². The van der Waals surface area contributed by atoms with Gasteiger partial charge < -0.3 is 4.74 Å². The molecule has 0 aliphatic heterocycles. The summed E-state index contributed by atoms with van der Waals surface area (Å²) in [6.45, 7) is 0. The van der Waals surface area contributed by atoms with Crippen LogP contribution in [0.3, 0.4) is 0 Å². The number of aromatic nitrogens is 2. The van der Waals surface area contributed by atoms with Gasteiger partial charge in [-0.05, 0) is 39.7 Å². The lowest BCUT2D eigenvalue weighted by atomic mass is 10.1. The molecule has 1 heterocycles. The molecule has 102 valence electrons. The Bertz CT molecular complexity index is 696. The van der Waals surface area contributed by atoms with Gasteiger partial charge in [-0.25, -0.2) is 4.39 Å². The lowest BCUT2D eigenvalue weighted by Gasteiger charge is -2.05. The molecule has 0 atom stereocenters. The molecule has 0 amide bonds. The molecular weight excluding hydrogens is 325 g/mol. The molecule has 0 saturated heterocycles. The first-order chi connectivity index (χ1) is 9.55. The molecule has 1 aromatic heterocycles. The Morgan fingerprint density at radius 1 is 1.50 bits per heavy atom. The van der Waals surface area contributed by atoms with Gasteiger partial charge in [-0.15, -0.1) is 0 Å². The first-order valence-corrected chi connectivity index (χ1v) is 6.48. The summed E-state index contributed by atoms with van der Waals surface area (Å²) in [6, 6.07) is 6.24. The third kappa shape index (κ3) is 2.89. The maximum absolute atomic E-state index is 13.5. The van der Waals surface area contributed by atoms with Gasteiger partial charge in [-0.3, -0.25) is 4.68 Å². The predicted molar refractivity (Wildman–Crippen MR) is 77.3 cm³/mol. The van der Waals surface area contributed by atoms with Crippen molar-refractivity contribution in [2.75, 3.05) is 7.11 Å². The van der Waals surface area contributed by atoms with Crippen LogP contribution in [0.15, 0.2) is 28.9 Å². The fourth-order valence-electron chi connectivity index (χ4n) is 1.74. The van der Waals surface area contributed by atoms with E-state index < -0.39 is 5.82 Å². The molecule has 0 spiro atoms. The van der Waals surface area contributed by atoms with Crippen LogP contribution in [-0.4, -0.2) is 16.9 Å². The van der Waals surface area contributed by atoms with E-state index in [1.54, 1.807) is 30.1 Å². The molecule has 0 N–H and O–H groups in total. The summed E-state index contributed by atoms with van der Waals surface area (Å²) >= 11 is 3.35. The number of hydrogen-bond donors (Lipinski definition) is 0. The Morgan fingerprint density at radius 3 is 2.80 bits per heavy atom. The van der Waals surface area contributed by atoms with Crippen LogP contribution in [0.25, 0.3) is 11.6 Å². The Balaban J connectivity index is 2.54. The quantitative estimate of drug-likeness (QED) is 0.808. The molecule has 0 bridgehead atoms. The van der Waals surface area contributed by atoms with Gasteiger partial charge in [-0.2, -0.15) is 10.4 Å². The van der Waals surface area contributed by atoms with Crippen molar-refractivity contribution in [3.05, 3.63) is 45.9 Å². The molecule has 0 aliphatic rings. The molecule has 0 unspecified atom stereocenters. The molecule has 6 heteroatoms. The maximum atomic E-state index is 13.5. The minimum absolute atomic E-state index is 0.326. The third-order valence-electron chi connectivity index (χ3n) is 2.76. The zero-order chi connectivity index (χ0) is 14.7. The second-order valence-electron chi connectivity index (χ2n) is 4.05. The minimum atomic E-state index is -0.454. The Morgan fingerprint density at radius 2 is 2.25 bits per heavy atom. The molecule has 2 rings (SSSR count). The van der Waals surface area contributed by atoms with Crippen LogP contribution in [0.4, 0.5) is 4.39 Å². The minimum Gasteiger partial charge on any atom is -0.497 e. The van der Waals surface area contributed by atoms with Gasteiger partial charge in [-0.1, -0.05) is 0 Å². The van der Waals surface area contributed by atoms with Gasteiger partial charge in [0.2, 0.25) is 0 Å². The van der Waals surface area contributed by atoms with Gasteiger partial charge in [0.15, 0.2) is 0 Å². The number of methoxy groups -OCH3 is 1. The summed E-state index contributed by atoms with van der Waals surface area (Å²) in [5, 5.41) is 13.4. The van der Waals surface area contributed by atoms with Crippen molar-refractivity contribution in [1.82, 2.24) is 9.78 Å². The van der Waals surface area contributed by atoms with Crippen LogP contribution in [0.5, 0.6) is 5.75 Å². The monoisotopic (exact) mass is 335 g/mol. The van der Waals surface area contributed by atoms with Crippen molar-refractivity contribution < 1.29 is 9.13 Å². The highest BCUT2D eigenvalue weighted by Gasteiger charge is 2.09. The highest BCUT2D eigenvalue weighted by atomic mass is 79.9. The Labute approximate surface area is 124 Å². The summed E-state index contributed by atoms with van der Waals surface area (Å²) in [4.78, 5) is 0. The Hall–Kier alpha value is -2.13. The van der Waals surface area contributed by atoms with E-state index in [0.29, 0.717) is 16.9 Å². The summed E-state index contributed by atoms with van der Waals surface area (Å²) < 4.78 is 20.9. The van der Waals surface area contributed by atoms with Crippen LogP contribution in [0, 0.1) is 17.1 Å².